The quantitative estimate of drug-likeness (QED) is 0.279. The Morgan fingerprint density at radius 3 is 1.73 bits per heavy atom. The van der Waals surface area contributed by atoms with Gasteiger partial charge in [-0.3, -0.25) is 0 Å². The Morgan fingerprint density at radius 2 is 1.47 bits per heavy atom. The molecule has 15 heavy (non-hydrogen) atoms. The predicted octanol–water partition coefficient (Wildman–Crippen LogP) is -2.69. The molecule has 0 saturated carbocycles. The van der Waals surface area contributed by atoms with Gasteiger partial charge in [-0.1, -0.05) is 0 Å². The molecule has 7 heteroatoms. The molecular weight excluding hydrogens is 208 g/mol. The van der Waals surface area contributed by atoms with Gasteiger partial charge >= 0.3 is 5.97 Å². The van der Waals surface area contributed by atoms with E-state index in [2.05, 4.69) is 13.2 Å². The van der Waals surface area contributed by atoms with Gasteiger partial charge in [0, 0.05) is 0 Å². The second-order valence-corrected chi connectivity index (χ2v) is 2.51. The summed E-state index contributed by atoms with van der Waals surface area (Å²) < 4.78 is 0. The van der Waals surface area contributed by atoms with E-state index < -0.39 is 37.0 Å². The van der Waals surface area contributed by atoms with Gasteiger partial charge in [-0.05, 0) is 0 Å². The number of aliphatic hydroxyl groups excluding tert-OH is 5. The third kappa shape index (κ3) is 5.45. The van der Waals surface area contributed by atoms with Crippen LogP contribution in [0.15, 0.2) is 13.2 Å². The Balaban J connectivity index is 0. The minimum atomic E-state index is -2.20. The van der Waals surface area contributed by atoms with Crippen LogP contribution in [0.25, 0.3) is 0 Å². The maximum atomic E-state index is 10.1. The number of carbonyl (C=O) groups is 1. The van der Waals surface area contributed by atoms with E-state index in [0.717, 1.165) is 0 Å². The molecule has 0 saturated heterocycles. The molecule has 0 amide bonds. The van der Waals surface area contributed by atoms with E-state index >= 15 is 0 Å². The highest BCUT2D eigenvalue weighted by molar-refractivity contribution is 5.72. The van der Waals surface area contributed by atoms with Crippen molar-refractivity contribution in [3.63, 3.8) is 0 Å². The van der Waals surface area contributed by atoms with Crippen LogP contribution in [0.1, 0.15) is 0 Å². The van der Waals surface area contributed by atoms with E-state index in [-0.39, 0.29) is 0 Å². The number of aliphatic hydroxyl groups is 5. The standard InChI is InChI=1S/C6H12O7.C2H4/c7-1-2(8)3(9)4(10)5(11)6(12)13;1-2/h2-5,7-11H,1H2,(H,12,13);1-2H2. The summed E-state index contributed by atoms with van der Waals surface area (Å²) in [5.41, 5.74) is 0. The number of carboxylic acid groups (broad SMARTS) is 1. The Labute approximate surface area is 86.5 Å². The maximum absolute atomic E-state index is 10.1. The topological polar surface area (TPSA) is 138 Å². The first kappa shape index (κ1) is 16.4. The van der Waals surface area contributed by atoms with Crippen LogP contribution in [0.3, 0.4) is 0 Å². The molecular formula is C8H16O7. The molecule has 0 aromatic rings. The molecule has 0 fully saturated rings. The van der Waals surface area contributed by atoms with Gasteiger partial charge in [0.1, 0.15) is 18.3 Å². The summed E-state index contributed by atoms with van der Waals surface area (Å²) in [4.78, 5) is 10.1. The van der Waals surface area contributed by atoms with Gasteiger partial charge in [-0.25, -0.2) is 4.79 Å². The van der Waals surface area contributed by atoms with Crippen molar-refractivity contribution in [3.05, 3.63) is 13.2 Å². The van der Waals surface area contributed by atoms with Gasteiger partial charge < -0.3 is 30.6 Å². The van der Waals surface area contributed by atoms with Gasteiger partial charge in [-0.2, -0.15) is 0 Å². The molecule has 0 aliphatic carbocycles. The molecule has 7 nitrogen and oxygen atoms in total. The fourth-order valence-electron chi connectivity index (χ4n) is 0.668. The number of aliphatic carboxylic acids is 1. The largest absolute Gasteiger partial charge is 0.479 e. The zero-order chi connectivity index (χ0) is 12.6. The van der Waals surface area contributed by atoms with Crippen LogP contribution in [0.5, 0.6) is 0 Å². The lowest BCUT2D eigenvalue weighted by atomic mass is 10.0. The first-order valence-electron chi connectivity index (χ1n) is 3.97. The monoisotopic (exact) mass is 224 g/mol. The van der Waals surface area contributed by atoms with Crippen molar-refractivity contribution in [1.29, 1.82) is 0 Å². The lowest BCUT2D eigenvalue weighted by Crippen LogP contribution is -2.48. The molecule has 4 unspecified atom stereocenters. The molecule has 0 heterocycles. The van der Waals surface area contributed by atoms with Crippen LogP contribution in [0.2, 0.25) is 0 Å². The number of hydrogen-bond donors (Lipinski definition) is 6. The van der Waals surface area contributed by atoms with E-state index in [1.54, 1.807) is 0 Å². The normalized spacial score (nSPS) is 17.9. The number of rotatable bonds is 5. The SMILES string of the molecule is C=C.O=C(O)C(O)C(O)C(O)C(O)CO. The highest BCUT2D eigenvalue weighted by Crippen LogP contribution is 2.04. The lowest BCUT2D eigenvalue weighted by Gasteiger charge is -2.23. The molecule has 0 aliphatic heterocycles. The average molecular weight is 224 g/mol. The Morgan fingerprint density at radius 1 is 1.07 bits per heavy atom. The summed E-state index contributed by atoms with van der Waals surface area (Å²) in [6.45, 7) is 5.16. The third-order valence-electron chi connectivity index (χ3n) is 1.51. The van der Waals surface area contributed by atoms with Crippen LogP contribution in [-0.2, 0) is 4.79 Å². The zero-order valence-corrected chi connectivity index (χ0v) is 8.02. The Kier molecular flexibility index (Phi) is 9.13. The van der Waals surface area contributed by atoms with Crippen molar-refractivity contribution in [2.75, 3.05) is 6.61 Å². The molecule has 0 rings (SSSR count). The summed E-state index contributed by atoms with van der Waals surface area (Å²) in [7, 11) is 0. The zero-order valence-electron chi connectivity index (χ0n) is 8.02. The second-order valence-electron chi connectivity index (χ2n) is 2.51. The molecule has 0 spiro atoms. The van der Waals surface area contributed by atoms with E-state index in [9.17, 15) is 4.79 Å². The first-order chi connectivity index (χ1) is 6.91. The van der Waals surface area contributed by atoms with E-state index in [0.29, 0.717) is 0 Å². The van der Waals surface area contributed by atoms with E-state index in [1.165, 1.54) is 0 Å². The summed E-state index contributed by atoms with van der Waals surface area (Å²) >= 11 is 0. The molecule has 0 aromatic carbocycles. The van der Waals surface area contributed by atoms with Crippen molar-refractivity contribution in [2.24, 2.45) is 0 Å². The van der Waals surface area contributed by atoms with Gasteiger partial charge in [-0.15, -0.1) is 13.2 Å². The molecule has 0 aromatic heterocycles. The van der Waals surface area contributed by atoms with E-state index in [1.807, 2.05) is 0 Å². The molecule has 0 radical (unpaired) electrons. The second kappa shape index (κ2) is 8.33. The summed E-state index contributed by atoms with van der Waals surface area (Å²) in [6, 6.07) is 0. The minimum absolute atomic E-state index is 0.843. The smallest absolute Gasteiger partial charge is 0.335 e. The van der Waals surface area contributed by atoms with Crippen molar-refractivity contribution in [3.8, 4) is 0 Å². The van der Waals surface area contributed by atoms with Crippen molar-refractivity contribution in [1.82, 2.24) is 0 Å². The first-order valence-corrected chi connectivity index (χ1v) is 3.97. The summed E-state index contributed by atoms with van der Waals surface area (Å²) in [5.74, 6) is -1.73. The van der Waals surface area contributed by atoms with Crippen LogP contribution in [0.4, 0.5) is 0 Å². The van der Waals surface area contributed by atoms with Crippen LogP contribution in [0, 0.1) is 0 Å². The number of hydrogen-bond acceptors (Lipinski definition) is 6. The van der Waals surface area contributed by atoms with Crippen LogP contribution >= 0.6 is 0 Å². The van der Waals surface area contributed by atoms with Gasteiger partial charge in [0.2, 0.25) is 0 Å². The van der Waals surface area contributed by atoms with Crippen LogP contribution in [-0.4, -0.2) is 67.6 Å². The molecule has 4 atom stereocenters. The Bertz CT molecular complexity index is 184. The fraction of sp³-hybridized carbons (Fsp3) is 0.625. The summed E-state index contributed by atoms with van der Waals surface area (Å²) in [5, 5.41) is 51.8. The van der Waals surface area contributed by atoms with Crippen molar-refractivity contribution >= 4 is 5.97 Å². The van der Waals surface area contributed by atoms with Gasteiger partial charge in [0.25, 0.3) is 0 Å². The summed E-state index contributed by atoms with van der Waals surface area (Å²) in [6.07, 6.45) is -7.84. The predicted molar refractivity (Wildman–Crippen MR) is 50.0 cm³/mol. The minimum Gasteiger partial charge on any atom is -0.479 e. The molecule has 0 aliphatic rings. The fourth-order valence-corrected chi connectivity index (χ4v) is 0.668. The maximum Gasteiger partial charge on any atom is 0.335 e. The highest BCUT2D eigenvalue weighted by Gasteiger charge is 2.33. The average Bonchev–Trinajstić information content (AvgIpc) is 2.27. The van der Waals surface area contributed by atoms with Gasteiger partial charge in [0.05, 0.1) is 6.61 Å². The molecule has 90 valence electrons. The van der Waals surface area contributed by atoms with Gasteiger partial charge in [0.15, 0.2) is 6.10 Å². The molecule has 0 bridgehead atoms. The lowest BCUT2D eigenvalue weighted by molar-refractivity contribution is -0.164. The van der Waals surface area contributed by atoms with Crippen LogP contribution < -0.4 is 0 Å². The molecule has 6 N–H and O–H groups in total. The highest BCUT2D eigenvalue weighted by atomic mass is 16.4. The Hall–Kier alpha value is -0.990. The van der Waals surface area contributed by atoms with Crippen molar-refractivity contribution in [2.45, 2.75) is 24.4 Å². The number of carboxylic acids is 1. The van der Waals surface area contributed by atoms with Crippen molar-refractivity contribution < 1.29 is 35.4 Å². The van der Waals surface area contributed by atoms with E-state index in [4.69, 9.17) is 30.6 Å². The third-order valence-corrected chi connectivity index (χ3v) is 1.51.